The average Bonchev–Trinajstić information content (AvgIpc) is 2.33. The van der Waals surface area contributed by atoms with E-state index in [-0.39, 0.29) is 5.56 Å². The quantitative estimate of drug-likeness (QED) is 0.887. The third kappa shape index (κ3) is 6.04. The maximum Gasteiger partial charge on any atom is 0.407 e. The number of alkyl carbamates (subject to hydrolysis) is 1. The highest BCUT2D eigenvalue weighted by Crippen LogP contribution is 2.07. The van der Waals surface area contributed by atoms with Crippen molar-refractivity contribution < 1.29 is 19.4 Å². The van der Waals surface area contributed by atoms with E-state index in [4.69, 9.17) is 9.84 Å². The van der Waals surface area contributed by atoms with E-state index in [9.17, 15) is 9.59 Å². The molecule has 0 unspecified atom stereocenters. The fraction of sp³-hybridized carbons (Fsp3) is 0.333. The lowest BCUT2D eigenvalue weighted by molar-refractivity contribution is 0.0533. The van der Waals surface area contributed by atoms with Crippen LogP contribution in [-0.2, 0) is 4.74 Å². The molecule has 0 atom stereocenters. The van der Waals surface area contributed by atoms with E-state index in [1.165, 1.54) is 12.1 Å². The molecule has 0 aliphatic carbocycles. The molecule has 0 heterocycles. The minimum absolute atomic E-state index is 0.244. The van der Waals surface area contributed by atoms with E-state index < -0.39 is 17.7 Å². The first kappa shape index (κ1) is 15.8. The van der Waals surface area contributed by atoms with Crippen LogP contribution in [0.25, 0.3) is 6.08 Å². The second-order valence-corrected chi connectivity index (χ2v) is 5.21. The van der Waals surface area contributed by atoms with Gasteiger partial charge < -0.3 is 15.2 Å². The number of benzene rings is 1. The SMILES string of the molecule is CC(C)(C)OC(=O)NC/C=C/c1ccc(C(=O)O)cc1. The molecule has 20 heavy (non-hydrogen) atoms. The van der Waals surface area contributed by atoms with Crippen LogP contribution in [-0.4, -0.2) is 29.3 Å². The second kappa shape index (κ2) is 6.75. The van der Waals surface area contributed by atoms with Gasteiger partial charge in [-0.15, -0.1) is 0 Å². The van der Waals surface area contributed by atoms with Crippen LogP contribution >= 0.6 is 0 Å². The van der Waals surface area contributed by atoms with Crippen LogP contribution in [0, 0.1) is 0 Å². The fourth-order valence-corrected chi connectivity index (χ4v) is 1.39. The topological polar surface area (TPSA) is 75.6 Å². The summed E-state index contributed by atoms with van der Waals surface area (Å²) in [4.78, 5) is 22.0. The van der Waals surface area contributed by atoms with Crippen molar-refractivity contribution in [2.45, 2.75) is 26.4 Å². The minimum atomic E-state index is -0.952. The van der Waals surface area contributed by atoms with Crippen molar-refractivity contribution >= 4 is 18.1 Å². The summed E-state index contributed by atoms with van der Waals surface area (Å²) >= 11 is 0. The number of ether oxygens (including phenoxy) is 1. The van der Waals surface area contributed by atoms with Gasteiger partial charge in [0, 0.05) is 6.54 Å². The maximum absolute atomic E-state index is 11.4. The normalized spacial score (nSPS) is 11.3. The highest BCUT2D eigenvalue weighted by molar-refractivity contribution is 5.87. The molecule has 5 nitrogen and oxygen atoms in total. The molecule has 1 aromatic rings. The fourth-order valence-electron chi connectivity index (χ4n) is 1.39. The van der Waals surface area contributed by atoms with E-state index in [1.54, 1.807) is 45.1 Å². The van der Waals surface area contributed by atoms with Crippen molar-refractivity contribution in [2.24, 2.45) is 0 Å². The van der Waals surface area contributed by atoms with Crippen molar-refractivity contribution in [3.05, 3.63) is 41.5 Å². The number of nitrogens with one attached hydrogen (secondary N) is 1. The molecule has 1 rings (SSSR count). The Morgan fingerprint density at radius 2 is 1.85 bits per heavy atom. The standard InChI is InChI=1S/C15H19NO4/c1-15(2,3)20-14(19)16-10-4-5-11-6-8-12(9-7-11)13(17)18/h4-9H,10H2,1-3H3,(H,16,19)(H,17,18)/b5-4+. The number of hydrogen-bond donors (Lipinski definition) is 2. The van der Waals surface area contributed by atoms with Gasteiger partial charge in [-0.1, -0.05) is 24.3 Å². The smallest absolute Gasteiger partial charge is 0.407 e. The second-order valence-electron chi connectivity index (χ2n) is 5.21. The summed E-state index contributed by atoms with van der Waals surface area (Å²) in [5, 5.41) is 11.4. The number of hydrogen-bond acceptors (Lipinski definition) is 3. The summed E-state index contributed by atoms with van der Waals surface area (Å²) in [6, 6.07) is 6.47. The molecule has 0 aliphatic heterocycles. The Kier molecular flexibility index (Phi) is 5.32. The van der Waals surface area contributed by atoms with Crippen LogP contribution in [0.4, 0.5) is 4.79 Å². The molecular formula is C15H19NO4. The van der Waals surface area contributed by atoms with Crippen LogP contribution in [0.15, 0.2) is 30.3 Å². The van der Waals surface area contributed by atoms with E-state index in [1.807, 2.05) is 0 Å². The number of carbonyl (C=O) groups is 2. The summed E-state index contributed by atoms with van der Waals surface area (Å²) in [5.74, 6) is -0.952. The van der Waals surface area contributed by atoms with Gasteiger partial charge in [-0.05, 0) is 38.5 Å². The number of aromatic carboxylic acids is 1. The van der Waals surface area contributed by atoms with Crippen LogP contribution in [0.1, 0.15) is 36.7 Å². The lowest BCUT2D eigenvalue weighted by atomic mass is 10.1. The monoisotopic (exact) mass is 277 g/mol. The molecular weight excluding hydrogens is 258 g/mol. The maximum atomic E-state index is 11.4. The molecule has 0 radical (unpaired) electrons. The number of amides is 1. The van der Waals surface area contributed by atoms with Gasteiger partial charge in [-0.2, -0.15) is 0 Å². The van der Waals surface area contributed by atoms with E-state index >= 15 is 0 Å². The first-order chi connectivity index (χ1) is 9.28. The van der Waals surface area contributed by atoms with Gasteiger partial charge in [0.15, 0.2) is 0 Å². The molecule has 2 N–H and O–H groups in total. The van der Waals surface area contributed by atoms with Gasteiger partial charge >= 0.3 is 12.1 Å². The molecule has 1 aromatic carbocycles. The molecule has 108 valence electrons. The van der Waals surface area contributed by atoms with Crippen molar-refractivity contribution in [1.82, 2.24) is 5.32 Å². The van der Waals surface area contributed by atoms with Crippen molar-refractivity contribution in [1.29, 1.82) is 0 Å². The molecule has 0 aliphatic rings. The van der Waals surface area contributed by atoms with Crippen molar-refractivity contribution in [3.63, 3.8) is 0 Å². The zero-order chi connectivity index (χ0) is 15.2. The van der Waals surface area contributed by atoms with E-state index in [0.29, 0.717) is 6.54 Å². The number of carboxylic acid groups (broad SMARTS) is 1. The van der Waals surface area contributed by atoms with E-state index in [2.05, 4.69) is 5.32 Å². The molecule has 1 amide bonds. The predicted molar refractivity (Wildman–Crippen MR) is 76.7 cm³/mol. The van der Waals surface area contributed by atoms with Gasteiger partial charge in [0.2, 0.25) is 0 Å². The summed E-state index contributed by atoms with van der Waals surface area (Å²) in [7, 11) is 0. The predicted octanol–water partition coefficient (Wildman–Crippen LogP) is 2.92. The molecule has 0 aromatic heterocycles. The van der Waals surface area contributed by atoms with Gasteiger partial charge in [-0.25, -0.2) is 9.59 Å². The lowest BCUT2D eigenvalue weighted by Crippen LogP contribution is -2.32. The first-order valence-electron chi connectivity index (χ1n) is 6.25. The highest BCUT2D eigenvalue weighted by Gasteiger charge is 2.14. The Bertz CT molecular complexity index is 498. The van der Waals surface area contributed by atoms with Gasteiger partial charge in [0.05, 0.1) is 5.56 Å². The van der Waals surface area contributed by atoms with Gasteiger partial charge in [-0.3, -0.25) is 0 Å². The number of carbonyl (C=O) groups excluding carboxylic acids is 1. The van der Waals surface area contributed by atoms with Crippen molar-refractivity contribution in [2.75, 3.05) is 6.54 Å². The number of rotatable bonds is 4. The molecule has 0 bridgehead atoms. The van der Waals surface area contributed by atoms with Crippen LogP contribution in [0.2, 0.25) is 0 Å². The molecule has 5 heteroatoms. The molecule has 0 saturated heterocycles. The van der Waals surface area contributed by atoms with Crippen LogP contribution in [0.3, 0.4) is 0 Å². The Hall–Kier alpha value is -2.30. The number of carboxylic acids is 1. The summed E-state index contributed by atoms with van der Waals surface area (Å²) in [5.41, 5.74) is 0.593. The largest absolute Gasteiger partial charge is 0.478 e. The van der Waals surface area contributed by atoms with Crippen LogP contribution < -0.4 is 5.32 Å². The first-order valence-corrected chi connectivity index (χ1v) is 6.25. The minimum Gasteiger partial charge on any atom is -0.478 e. The van der Waals surface area contributed by atoms with Crippen LogP contribution in [0.5, 0.6) is 0 Å². The Morgan fingerprint density at radius 1 is 1.25 bits per heavy atom. The highest BCUT2D eigenvalue weighted by atomic mass is 16.6. The third-order valence-corrected chi connectivity index (χ3v) is 2.23. The summed E-state index contributed by atoms with van der Waals surface area (Å²) < 4.78 is 5.08. The molecule has 0 saturated carbocycles. The Balaban J connectivity index is 2.42. The zero-order valence-corrected chi connectivity index (χ0v) is 11.8. The molecule has 0 fully saturated rings. The third-order valence-electron chi connectivity index (χ3n) is 2.23. The summed E-state index contributed by atoms with van der Waals surface area (Å²) in [6.45, 7) is 5.74. The van der Waals surface area contributed by atoms with Crippen molar-refractivity contribution in [3.8, 4) is 0 Å². The zero-order valence-electron chi connectivity index (χ0n) is 11.8. The average molecular weight is 277 g/mol. The molecule has 0 spiro atoms. The van der Waals surface area contributed by atoms with E-state index in [0.717, 1.165) is 5.56 Å². The van der Waals surface area contributed by atoms with Gasteiger partial charge in [0.1, 0.15) is 5.60 Å². The summed E-state index contributed by atoms with van der Waals surface area (Å²) in [6.07, 6.45) is 3.09. The lowest BCUT2D eigenvalue weighted by Gasteiger charge is -2.19. The van der Waals surface area contributed by atoms with Gasteiger partial charge in [0.25, 0.3) is 0 Å². The Labute approximate surface area is 118 Å². The Morgan fingerprint density at radius 3 is 2.35 bits per heavy atom.